The lowest BCUT2D eigenvalue weighted by Crippen LogP contribution is -2.14. The second-order valence-electron chi connectivity index (χ2n) is 6.07. The minimum Gasteiger partial charge on any atom is -0.497 e. The predicted molar refractivity (Wildman–Crippen MR) is 90.3 cm³/mol. The molecule has 0 aliphatic heterocycles. The molecule has 0 unspecified atom stereocenters. The smallest absolute Gasteiger partial charge is 0.433 e. The molecule has 0 amide bonds. The highest BCUT2D eigenvalue weighted by Gasteiger charge is 2.39. The van der Waals surface area contributed by atoms with Crippen LogP contribution in [0.5, 0.6) is 5.75 Å². The van der Waals surface area contributed by atoms with Crippen LogP contribution in [-0.2, 0) is 12.4 Å². The summed E-state index contributed by atoms with van der Waals surface area (Å²) >= 11 is 0. The molecule has 3 heterocycles. The SMILES string of the molecule is COc1ccc(-c2nnc3ccc4c(C(F)(F)F)cc(C(F)(F)F)nc4n23)cc1. The van der Waals surface area contributed by atoms with Crippen molar-refractivity contribution < 1.29 is 31.1 Å². The predicted octanol–water partition coefficient (Wildman–Crippen LogP) is 4.99. The number of nitrogens with zero attached hydrogens (tertiary/aromatic N) is 4. The highest BCUT2D eigenvalue weighted by Crippen LogP contribution is 2.39. The molecule has 0 aliphatic carbocycles. The van der Waals surface area contributed by atoms with E-state index in [-0.39, 0.29) is 17.5 Å². The fourth-order valence-electron chi connectivity index (χ4n) is 2.95. The monoisotopic (exact) mass is 412 g/mol. The molecule has 0 radical (unpaired) electrons. The minimum atomic E-state index is -5.06. The van der Waals surface area contributed by atoms with Crippen LogP contribution in [0.15, 0.2) is 42.5 Å². The zero-order valence-electron chi connectivity index (χ0n) is 14.5. The lowest BCUT2D eigenvalue weighted by molar-refractivity contribution is -0.144. The van der Waals surface area contributed by atoms with Crippen LogP contribution in [0.1, 0.15) is 11.3 Å². The van der Waals surface area contributed by atoms with Gasteiger partial charge in [0.05, 0.1) is 12.7 Å². The largest absolute Gasteiger partial charge is 0.497 e. The van der Waals surface area contributed by atoms with Crippen LogP contribution in [0.2, 0.25) is 0 Å². The molecule has 11 heteroatoms. The first kappa shape index (κ1) is 19.0. The molecule has 0 aliphatic rings. The number of pyridine rings is 2. The maximum Gasteiger partial charge on any atom is 0.433 e. The van der Waals surface area contributed by atoms with E-state index in [0.29, 0.717) is 11.3 Å². The van der Waals surface area contributed by atoms with Crippen molar-refractivity contribution in [3.8, 4) is 17.1 Å². The number of ether oxygens (including phenoxy) is 1. The maximum absolute atomic E-state index is 13.5. The first-order valence-corrected chi connectivity index (χ1v) is 8.07. The Morgan fingerprint density at radius 2 is 1.55 bits per heavy atom. The molecule has 0 bridgehead atoms. The number of halogens is 6. The summed E-state index contributed by atoms with van der Waals surface area (Å²) in [7, 11) is 1.45. The Kier molecular flexibility index (Phi) is 4.14. The number of fused-ring (bicyclic) bond motifs is 3. The van der Waals surface area contributed by atoms with Crippen molar-refractivity contribution in [3.63, 3.8) is 0 Å². The van der Waals surface area contributed by atoms with Gasteiger partial charge >= 0.3 is 12.4 Å². The molecule has 0 spiro atoms. The van der Waals surface area contributed by atoms with Crippen molar-refractivity contribution in [2.45, 2.75) is 12.4 Å². The summed E-state index contributed by atoms with van der Waals surface area (Å²) in [4.78, 5) is 3.47. The fraction of sp³-hybridized carbons (Fsp3) is 0.167. The summed E-state index contributed by atoms with van der Waals surface area (Å²) in [6, 6.07) is 8.57. The molecule has 3 aromatic heterocycles. The highest BCUT2D eigenvalue weighted by molar-refractivity contribution is 5.84. The van der Waals surface area contributed by atoms with Crippen LogP contribution >= 0.6 is 0 Å². The zero-order valence-corrected chi connectivity index (χ0v) is 14.5. The third-order valence-corrected chi connectivity index (χ3v) is 4.28. The van der Waals surface area contributed by atoms with E-state index in [9.17, 15) is 26.3 Å². The van der Waals surface area contributed by atoms with Crippen molar-refractivity contribution in [2.75, 3.05) is 7.11 Å². The molecule has 5 nitrogen and oxygen atoms in total. The van der Waals surface area contributed by atoms with Gasteiger partial charge in [0.25, 0.3) is 0 Å². The van der Waals surface area contributed by atoms with E-state index >= 15 is 0 Å². The van der Waals surface area contributed by atoms with Crippen LogP contribution < -0.4 is 4.74 Å². The lowest BCUT2D eigenvalue weighted by Gasteiger charge is -2.15. The number of alkyl halides is 6. The van der Waals surface area contributed by atoms with Crippen LogP contribution in [0.25, 0.3) is 28.1 Å². The summed E-state index contributed by atoms with van der Waals surface area (Å²) in [6.07, 6.45) is -10.1. The summed E-state index contributed by atoms with van der Waals surface area (Å²) in [5, 5.41) is 7.28. The van der Waals surface area contributed by atoms with E-state index < -0.39 is 34.6 Å². The van der Waals surface area contributed by atoms with E-state index in [1.54, 1.807) is 24.3 Å². The topological polar surface area (TPSA) is 52.3 Å². The van der Waals surface area contributed by atoms with Gasteiger partial charge in [0, 0.05) is 10.9 Å². The van der Waals surface area contributed by atoms with Crippen molar-refractivity contribution in [2.24, 2.45) is 0 Å². The molecule has 0 atom stereocenters. The molecule has 4 aromatic rings. The Bertz CT molecular complexity index is 1210. The van der Waals surface area contributed by atoms with Gasteiger partial charge in [0.15, 0.2) is 11.5 Å². The van der Waals surface area contributed by atoms with Gasteiger partial charge in [-0.3, -0.25) is 4.40 Å². The van der Waals surface area contributed by atoms with Crippen LogP contribution in [0, 0.1) is 0 Å². The Balaban J connectivity index is 2.09. The second kappa shape index (κ2) is 6.33. The van der Waals surface area contributed by atoms with Crippen molar-refractivity contribution >= 4 is 16.7 Å². The average molecular weight is 412 g/mol. The van der Waals surface area contributed by atoms with Gasteiger partial charge in [-0.1, -0.05) is 0 Å². The lowest BCUT2D eigenvalue weighted by atomic mass is 10.1. The normalized spacial score (nSPS) is 12.7. The summed E-state index contributed by atoms with van der Waals surface area (Å²) in [5.74, 6) is 0.567. The second-order valence-corrected chi connectivity index (χ2v) is 6.07. The zero-order chi connectivity index (χ0) is 21.0. The molecule has 0 saturated heterocycles. The van der Waals surface area contributed by atoms with Gasteiger partial charge in [-0.2, -0.15) is 26.3 Å². The maximum atomic E-state index is 13.5. The number of benzene rings is 1. The standard InChI is InChI=1S/C18H10F6N4O/c1-29-10-4-2-9(3-5-10)15-27-26-14-7-6-11-12(17(19,20)21)8-13(18(22,23)24)25-16(11)28(14)15/h2-8H,1H3. The van der Waals surface area contributed by atoms with Crippen molar-refractivity contribution in [3.05, 3.63) is 53.7 Å². The average Bonchev–Trinajstić information content (AvgIpc) is 3.10. The number of rotatable bonds is 2. The van der Waals surface area contributed by atoms with Gasteiger partial charge in [0.2, 0.25) is 0 Å². The minimum absolute atomic E-state index is 0.00553. The van der Waals surface area contributed by atoms with E-state index in [4.69, 9.17) is 4.74 Å². The Morgan fingerprint density at radius 3 is 2.14 bits per heavy atom. The number of methoxy groups -OCH3 is 1. The summed E-state index contributed by atoms with van der Waals surface area (Å²) < 4.78 is 86.2. The number of aromatic nitrogens is 4. The molecule has 150 valence electrons. The molecule has 29 heavy (non-hydrogen) atoms. The fourth-order valence-corrected chi connectivity index (χ4v) is 2.95. The first-order valence-electron chi connectivity index (χ1n) is 8.07. The first-order chi connectivity index (χ1) is 13.6. The summed E-state index contributed by atoms with van der Waals surface area (Å²) in [5.41, 5.74) is -3.16. The number of hydrogen-bond donors (Lipinski definition) is 0. The molecule has 0 saturated carbocycles. The Labute approximate surface area is 158 Å². The molecule has 0 fully saturated rings. The molecule has 1 aromatic carbocycles. The van der Waals surface area contributed by atoms with Crippen LogP contribution in [0.4, 0.5) is 26.3 Å². The number of hydrogen-bond acceptors (Lipinski definition) is 4. The molecule has 4 rings (SSSR count). The van der Waals surface area contributed by atoms with Gasteiger partial charge in [0.1, 0.15) is 17.1 Å². The van der Waals surface area contributed by atoms with E-state index in [1.165, 1.54) is 13.2 Å². The van der Waals surface area contributed by atoms with Crippen molar-refractivity contribution in [1.29, 1.82) is 0 Å². The quantitative estimate of drug-likeness (QED) is 0.436. The Hall–Kier alpha value is -3.37. The molecular weight excluding hydrogens is 402 g/mol. The third kappa shape index (κ3) is 3.22. The van der Waals surface area contributed by atoms with Crippen molar-refractivity contribution in [1.82, 2.24) is 19.6 Å². The highest BCUT2D eigenvalue weighted by atomic mass is 19.4. The van der Waals surface area contributed by atoms with Gasteiger partial charge in [-0.25, -0.2) is 4.98 Å². The Morgan fingerprint density at radius 1 is 0.862 bits per heavy atom. The third-order valence-electron chi connectivity index (χ3n) is 4.28. The summed E-state index contributed by atoms with van der Waals surface area (Å²) in [6.45, 7) is 0. The molecular formula is C18H10F6N4O. The van der Waals surface area contributed by atoms with E-state index in [0.717, 1.165) is 10.5 Å². The van der Waals surface area contributed by atoms with Gasteiger partial charge in [-0.05, 0) is 42.5 Å². The van der Waals surface area contributed by atoms with Crippen LogP contribution in [0.3, 0.4) is 0 Å². The van der Waals surface area contributed by atoms with E-state index in [1.807, 2.05) is 0 Å². The molecule has 0 N–H and O–H groups in total. The van der Waals surface area contributed by atoms with Crippen LogP contribution in [-0.4, -0.2) is 26.7 Å². The van der Waals surface area contributed by atoms with Gasteiger partial charge < -0.3 is 4.74 Å². The van der Waals surface area contributed by atoms with E-state index in [2.05, 4.69) is 15.2 Å². The van der Waals surface area contributed by atoms with Gasteiger partial charge in [-0.15, -0.1) is 10.2 Å².